The maximum atomic E-state index is 12.5. The molecule has 1 saturated heterocycles. The van der Waals surface area contributed by atoms with Crippen molar-refractivity contribution in [1.29, 1.82) is 0 Å². The molecular weight excluding hydrogens is 344 g/mol. The first-order valence-electron chi connectivity index (χ1n) is 9.27. The van der Waals surface area contributed by atoms with E-state index in [0.29, 0.717) is 23.5 Å². The highest BCUT2D eigenvalue weighted by molar-refractivity contribution is 5.96. The number of anilines is 1. The number of hydrogen-bond donors (Lipinski definition) is 0. The smallest absolute Gasteiger partial charge is 0.231 e. The number of methoxy groups -OCH3 is 1. The van der Waals surface area contributed by atoms with Gasteiger partial charge < -0.3 is 19.1 Å². The molecule has 0 radical (unpaired) electrons. The van der Waals surface area contributed by atoms with Crippen molar-refractivity contribution in [2.45, 2.75) is 6.42 Å². The number of ether oxygens (including phenoxy) is 3. The monoisotopic (exact) mass is 368 g/mol. The molecule has 0 saturated carbocycles. The van der Waals surface area contributed by atoms with Gasteiger partial charge in [0.15, 0.2) is 17.3 Å². The van der Waals surface area contributed by atoms with Crippen LogP contribution in [-0.4, -0.2) is 57.3 Å². The van der Waals surface area contributed by atoms with E-state index in [1.165, 1.54) is 5.69 Å². The molecule has 6 nitrogen and oxygen atoms in total. The standard InChI is InChI=1S/C21H24N2O4/c1-25-18-5-3-17(4-6-18)23-12-10-22(11-13-23)9-8-19(24)16-2-7-20-21(14-16)27-15-26-20/h2-7,14H,8-13,15H2,1H3. The molecule has 0 aromatic heterocycles. The molecule has 0 atom stereocenters. The Morgan fingerprint density at radius 1 is 1.00 bits per heavy atom. The van der Waals surface area contributed by atoms with E-state index in [-0.39, 0.29) is 12.6 Å². The van der Waals surface area contributed by atoms with Gasteiger partial charge in [-0.05, 0) is 42.5 Å². The van der Waals surface area contributed by atoms with Gasteiger partial charge >= 0.3 is 0 Å². The predicted octanol–water partition coefficient (Wildman–Crippen LogP) is 2.82. The van der Waals surface area contributed by atoms with E-state index in [1.54, 1.807) is 13.2 Å². The first-order chi connectivity index (χ1) is 13.2. The lowest BCUT2D eigenvalue weighted by Gasteiger charge is -2.36. The molecule has 0 bridgehead atoms. The topological polar surface area (TPSA) is 51.2 Å². The van der Waals surface area contributed by atoms with Gasteiger partial charge in [-0.2, -0.15) is 0 Å². The fraction of sp³-hybridized carbons (Fsp3) is 0.381. The number of carbonyl (C=O) groups excluding carboxylic acids is 1. The zero-order valence-electron chi connectivity index (χ0n) is 15.5. The maximum absolute atomic E-state index is 12.5. The molecule has 2 aromatic carbocycles. The minimum Gasteiger partial charge on any atom is -0.497 e. The van der Waals surface area contributed by atoms with Gasteiger partial charge in [0.2, 0.25) is 6.79 Å². The minimum absolute atomic E-state index is 0.144. The van der Waals surface area contributed by atoms with Crippen molar-refractivity contribution in [3.05, 3.63) is 48.0 Å². The van der Waals surface area contributed by atoms with Gasteiger partial charge in [-0.3, -0.25) is 9.69 Å². The molecule has 0 amide bonds. The van der Waals surface area contributed by atoms with Crippen molar-refractivity contribution >= 4 is 11.5 Å². The summed E-state index contributed by atoms with van der Waals surface area (Å²) in [5, 5.41) is 0. The van der Waals surface area contributed by atoms with Gasteiger partial charge in [0.25, 0.3) is 0 Å². The lowest BCUT2D eigenvalue weighted by Crippen LogP contribution is -2.46. The Hall–Kier alpha value is -2.73. The van der Waals surface area contributed by atoms with E-state index in [2.05, 4.69) is 21.9 Å². The van der Waals surface area contributed by atoms with Gasteiger partial charge in [-0.25, -0.2) is 0 Å². The number of nitrogens with zero attached hydrogens (tertiary/aromatic N) is 2. The average molecular weight is 368 g/mol. The fourth-order valence-electron chi connectivity index (χ4n) is 3.50. The molecule has 6 heteroatoms. The first kappa shape index (κ1) is 17.7. The van der Waals surface area contributed by atoms with E-state index in [1.807, 2.05) is 24.3 Å². The summed E-state index contributed by atoms with van der Waals surface area (Å²) in [7, 11) is 1.68. The molecule has 27 heavy (non-hydrogen) atoms. The highest BCUT2D eigenvalue weighted by Gasteiger charge is 2.20. The number of rotatable bonds is 6. The Morgan fingerprint density at radius 2 is 1.74 bits per heavy atom. The predicted molar refractivity (Wildman–Crippen MR) is 103 cm³/mol. The average Bonchev–Trinajstić information content (AvgIpc) is 3.20. The second-order valence-electron chi connectivity index (χ2n) is 6.77. The maximum Gasteiger partial charge on any atom is 0.231 e. The number of carbonyl (C=O) groups is 1. The number of fused-ring (bicyclic) bond motifs is 1. The number of benzene rings is 2. The summed E-state index contributed by atoms with van der Waals surface area (Å²) in [6.45, 7) is 4.85. The Labute approximate surface area is 159 Å². The van der Waals surface area contributed by atoms with Crippen LogP contribution in [0.3, 0.4) is 0 Å². The number of piperazine rings is 1. The highest BCUT2D eigenvalue weighted by Crippen LogP contribution is 2.32. The van der Waals surface area contributed by atoms with Crippen molar-refractivity contribution in [3.8, 4) is 17.2 Å². The zero-order valence-corrected chi connectivity index (χ0v) is 15.5. The first-order valence-corrected chi connectivity index (χ1v) is 9.27. The minimum atomic E-state index is 0.144. The number of ketones is 1. The summed E-state index contributed by atoms with van der Waals surface area (Å²) in [6.07, 6.45) is 0.516. The molecule has 1 fully saturated rings. The Balaban J connectivity index is 1.26. The van der Waals surface area contributed by atoms with Crippen molar-refractivity contribution in [2.75, 3.05) is 51.5 Å². The summed E-state index contributed by atoms with van der Waals surface area (Å²) < 4.78 is 15.9. The molecule has 0 spiro atoms. The summed E-state index contributed by atoms with van der Waals surface area (Å²) >= 11 is 0. The molecule has 2 aliphatic heterocycles. The van der Waals surface area contributed by atoms with E-state index < -0.39 is 0 Å². The third-order valence-corrected chi connectivity index (χ3v) is 5.16. The summed E-state index contributed by atoms with van der Waals surface area (Å²) in [4.78, 5) is 17.2. The van der Waals surface area contributed by atoms with Gasteiger partial charge in [0.05, 0.1) is 7.11 Å². The van der Waals surface area contributed by atoms with Crippen LogP contribution in [0.25, 0.3) is 0 Å². The summed E-state index contributed by atoms with van der Waals surface area (Å²) in [6, 6.07) is 13.6. The van der Waals surface area contributed by atoms with Crippen molar-refractivity contribution in [1.82, 2.24) is 4.90 Å². The van der Waals surface area contributed by atoms with E-state index in [9.17, 15) is 4.79 Å². The van der Waals surface area contributed by atoms with Gasteiger partial charge in [0.1, 0.15) is 5.75 Å². The third kappa shape index (κ3) is 4.01. The fourth-order valence-corrected chi connectivity index (χ4v) is 3.50. The summed E-state index contributed by atoms with van der Waals surface area (Å²) in [5.41, 5.74) is 1.91. The molecular formula is C21H24N2O4. The van der Waals surface area contributed by atoms with Crippen LogP contribution in [0.4, 0.5) is 5.69 Å². The SMILES string of the molecule is COc1ccc(N2CCN(CCC(=O)c3ccc4c(c3)OCO4)CC2)cc1. The highest BCUT2D eigenvalue weighted by atomic mass is 16.7. The van der Waals surface area contributed by atoms with Crippen LogP contribution in [0, 0.1) is 0 Å². The molecule has 2 heterocycles. The Kier molecular flexibility index (Phi) is 5.16. The van der Waals surface area contributed by atoms with E-state index in [4.69, 9.17) is 14.2 Å². The molecule has 4 rings (SSSR count). The lowest BCUT2D eigenvalue weighted by atomic mass is 10.1. The van der Waals surface area contributed by atoms with Crippen molar-refractivity contribution < 1.29 is 19.0 Å². The molecule has 2 aliphatic rings. The van der Waals surface area contributed by atoms with E-state index >= 15 is 0 Å². The molecule has 0 unspecified atom stereocenters. The van der Waals surface area contributed by atoms with Crippen LogP contribution >= 0.6 is 0 Å². The molecule has 2 aromatic rings. The van der Waals surface area contributed by atoms with Crippen LogP contribution in [0.1, 0.15) is 16.8 Å². The number of Topliss-reactive ketones (excluding diaryl/α,β-unsaturated/α-hetero) is 1. The normalized spacial score (nSPS) is 16.4. The second-order valence-corrected chi connectivity index (χ2v) is 6.77. The zero-order chi connectivity index (χ0) is 18.6. The van der Waals surface area contributed by atoms with Crippen molar-refractivity contribution in [2.24, 2.45) is 0 Å². The van der Waals surface area contributed by atoms with Gasteiger partial charge in [-0.1, -0.05) is 0 Å². The lowest BCUT2D eigenvalue weighted by molar-refractivity contribution is 0.0962. The third-order valence-electron chi connectivity index (χ3n) is 5.16. The quantitative estimate of drug-likeness (QED) is 0.731. The van der Waals surface area contributed by atoms with Gasteiger partial charge in [-0.15, -0.1) is 0 Å². The number of hydrogen-bond acceptors (Lipinski definition) is 6. The van der Waals surface area contributed by atoms with Crippen LogP contribution in [0.2, 0.25) is 0 Å². The van der Waals surface area contributed by atoms with Crippen LogP contribution in [-0.2, 0) is 0 Å². The second kappa shape index (κ2) is 7.88. The van der Waals surface area contributed by atoms with Gasteiger partial charge in [0, 0.05) is 50.4 Å². The molecule has 142 valence electrons. The van der Waals surface area contributed by atoms with Crippen LogP contribution < -0.4 is 19.1 Å². The van der Waals surface area contributed by atoms with Crippen LogP contribution in [0.15, 0.2) is 42.5 Å². The van der Waals surface area contributed by atoms with E-state index in [0.717, 1.165) is 38.5 Å². The largest absolute Gasteiger partial charge is 0.497 e. The Bertz CT molecular complexity index is 798. The molecule has 0 N–H and O–H groups in total. The summed E-state index contributed by atoms with van der Waals surface area (Å²) in [5.74, 6) is 2.39. The van der Waals surface area contributed by atoms with Crippen LogP contribution in [0.5, 0.6) is 17.2 Å². The van der Waals surface area contributed by atoms with Crippen molar-refractivity contribution in [3.63, 3.8) is 0 Å². The molecule has 0 aliphatic carbocycles. The Morgan fingerprint density at radius 3 is 2.48 bits per heavy atom.